The summed E-state index contributed by atoms with van der Waals surface area (Å²) in [7, 11) is 1.65. The third kappa shape index (κ3) is 3.87. The van der Waals surface area contributed by atoms with Gasteiger partial charge >= 0.3 is 0 Å². The Morgan fingerprint density at radius 2 is 2.15 bits per heavy atom. The average Bonchev–Trinajstić information content (AvgIpc) is 2.76. The fourth-order valence-electron chi connectivity index (χ4n) is 2.53. The highest BCUT2D eigenvalue weighted by Gasteiger charge is 2.32. The van der Waals surface area contributed by atoms with Crippen LogP contribution in [0.5, 0.6) is 11.5 Å². The summed E-state index contributed by atoms with van der Waals surface area (Å²) in [5, 5.41) is 0. The second kappa shape index (κ2) is 6.46. The maximum Gasteiger partial charge on any atom is 0.161 e. The van der Waals surface area contributed by atoms with Crippen molar-refractivity contribution in [3.63, 3.8) is 0 Å². The molecule has 4 nitrogen and oxygen atoms in total. The zero-order chi connectivity index (χ0) is 14.6. The van der Waals surface area contributed by atoms with Crippen LogP contribution in [-0.2, 0) is 11.2 Å². The Morgan fingerprint density at radius 3 is 2.75 bits per heavy atom. The molecule has 2 rings (SSSR count). The first kappa shape index (κ1) is 15.1. The van der Waals surface area contributed by atoms with Gasteiger partial charge in [0.05, 0.1) is 18.8 Å². The Morgan fingerprint density at radius 1 is 1.35 bits per heavy atom. The van der Waals surface area contributed by atoms with E-state index in [1.165, 1.54) is 0 Å². The summed E-state index contributed by atoms with van der Waals surface area (Å²) in [6.45, 7) is 5.43. The van der Waals surface area contributed by atoms with Gasteiger partial charge in [0.25, 0.3) is 0 Å². The second-order valence-corrected chi connectivity index (χ2v) is 5.87. The Balaban J connectivity index is 1.99. The van der Waals surface area contributed by atoms with Crippen molar-refractivity contribution >= 4 is 0 Å². The van der Waals surface area contributed by atoms with E-state index in [4.69, 9.17) is 19.9 Å². The van der Waals surface area contributed by atoms with Gasteiger partial charge in [-0.25, -0.2) is 0 Å². The zero-order valence-electron chi connectivity index (χ0n) is 12.6. The molecule has 0 aliphatic carbocycles. The summed E-state index contributed by atoms with van der Waals surface area (Å²) >= 11 is 0. The topological polar surface area (TPSA) is 53.7 Å². The maximum atomic E-state index is 5.94. The van der Waals surface area contributed by atoms with E-state index in [1.807, 2.05) is 18.2 Å². The Labute approximate surface area is 121 Å². The summed E-state index contributed by atoms with van der Waals surface area (Å²) in [4.78, 5) is 0. The van der Waals surface area contributed by atoms with E-state index in [-0.39, 0.29) is 11.7 Å². The molecule has 1 aliphatic heterocycles. The molecule has 1 aromatic rings. The average molecular weight is 279 g/mol. The van der Waals surface area contributed by atoms with E-state index in [0.717, 1.165) is 36.3 Å². The Bertz CT molecular complexity index is 445. The van der Waals surface area contributed by atoms with E-state index in [1.54, 1.807) is 7.11 Å². The van der Waals surface area contributed by atoms with Gasteiger partial charge < -0.3 is 19.9 Å². The number of hydrogen-bond donors (Lipinski definition) is 1. The molecule has 0 saturated carbocycles. The third-order valence-corrected chi connectivity index (χ3v) is 3.64. The maximum absolute atomic E-state index is 5.94. The number of methoxy groups -OCH3 is 1. The highest BCUT2D eigenvalue weighted by Crippen LogP contribution is 2.32. The van der Waals surface area contributed by atoms with Gasteiger partial charge in [-0.3, -0.25) is 0 Å². The van der Waals surface area contributed by atoms with Gasteiger partial charge in [-0.2, -0.15) is 0 Å². The molecule has 0 radical (unpaired) electrons. The van der Waals surface area contributed by atoms with E-state index >= 15 is 0 Å². The monoisotopic (exact) mass is 279 g/mol. The highest BCUT2D eigenvalue weighted by atomic mass is 16.6. The lowest BCUT2D eigenvalue weighted by molar-refractivity contribution is -0.0329. The SMILES string of the molecule is COc1ccc(CCN)cc1OCC1CCC(C)(C)O1. The zero-order valence-corrected chi connectivity index (χ0v) is 12.6. The lowest BCUT2D eigenvalue weighted by Crippen LogP contribution is -2.24. The van der Waals surface area contributed by atoms with Crippen molar-refractivity contribution in [1.82, 2.24) is 0 Å². The summed E-state index contributed by atoms with van der Waals surface area (Å²) in [5.41, 5.74) is 6.73. The van der Waals surface area contributed by atoms with E-state index in [2.05, 4.69) is 13.8 Å². The fraction of sp³-hybridized carbons (Fsp3) is 0.625. The first-order chi connectivity index (χ1) is 9.54. The molecule has 4 heteroatoms. The molecular weight excluding hydrogens is 254 g/mol. The predicted octanol–water partition coefficient (Wildman–Crippen LogP) is 2.53. The van der Waals surface area contributed by atoms with Gasteiger partial charge in [0.1, 0.15) is 6.61 Å². The van der Waals surface area contributed by atoms with Crippen LogP contribution in [0, 0.1) is 0 Å². The standard InChI is InChI=1S/C16H25NO3/c1-16(2)8-6-13(20-16)11-19-15-10-12(7-9-17)4-5-14(15)18-3/h4-5,10,13H,6-9,11,17H2,1-3H3. The molecule has 112 valence electrons. The van der Waals surface area contributed by atoms with Gasteiger partial charge in [0.2, 0.25) is 0 Å². The lowest BCUT2D eigenvalue weighted by atomic mass is 10.1. The van der Waals surface area contributed by atoms with Crippen LogP contribution >= 0.6 is 0 Å². The number of rotatable bonds is 6. The van der Waals surface area contributed by atoms with Crippen LogP contribution in [-0.4, -0.2) is 32.0 Å². The molecule has 1 aliphatic rings. The van der Waals surface area contributed by atoms with Crippen LogP contribution in [0.3, 0.4) is 0 Å². The molecule has 0 amide bonds. The number of benzene rings is 1. The number of nitrogens with two attached hydrogens (primary N) is 1. The summed E-state index contributed by atoms with van der Waals surface area (Å²) in [6, 6.07) is 5.96. The quantitative estimate of drug-likeness (QED) is 0.869. The molecule has 1 fully saturated rings. The number of ether oxygens (including phenoxy) is 3. The second-order valence-electron chi connectivity index (χ2n) is 5.87. The van der Waals surface area contributed by atoms with Crippen LogP contribution in [0.1, 0.15) is 32.3 Å². The van der Waals surface area contributed by atoms with Crippen molar-refractivity contribution in [1.29, 1.82) is 0 Å². The molecule has 1 heterocycles. The van der Waals surface area contributed by atoms with Crippen molar-refractivity contribution in [3.8, 4) is 11.5 Å². The van der Waals surface area contributed by atoms with Crippen LogP contribution in [0.4, 0.5) is 0 Å². The van der Waals surface area contributed by atoms with Crippen LogP contribution in [0.25, 0.3) is 0 Å². The highest BCUT2D eigenvalue weighted by molar-refractivity contribution is 5.43. The summed E-state index contributed by atoms with van der Waals surface area (Å²) < 4.78 is 17.2. The molecule has 20 heavy (non-hydrogen) atoms. The molecule has 2 N–H and O–H groups in total. The smallest absolute Gasteiger partial charge is 0.161 e. The molecule has 0 bridgehead atoms. The molecular formula is C16H25NO3. The van der Waals surface area contributed by atoms with E-state index in [0.29, 0.717) is 13.2 Å². The first-order valence-electron chi connectivity index (χ1n) is 7.21. The first-order valence-corrected chi connectivity index (χ1v) is 7.21. The molecule has 1 saturated heterocycles. The predicted molar refractivity (Wildman–Crippen MR) is 79.4 cm³/mol. The van der Waals surface area contributed by atoms with Crippen LogP contribution in [0.15, 0.2) is 18.2 Å². The molecule has 0 aromatic heterocycles. The van der Waals surface area contributed by atoms with Gasteiger partial charge in [0.15, 0.2) is 11.5 Å². The number of hydrogen-bond acceptors (Lipinski definition) is 4. The lowest BCUT2D eigenvalue weighted by Gasteiger charge is -2.20. The largest absolute Gasteiger partial charge is 0.493 e. The molecule has 1 unspecified atom stereocenters. The minimum absolute atomic E-state index is 0.0283. The van der Waals surface area contributed by atoms with Crippen molar-refractivity contribution in [2.75, 3.05) is 20.3 Å². The van der Waals surface area contributed by atoms with Crippen LogP contribution in [0.2, 0.25) is 0 Å². The summed E-state index contributed by atoms with van der Waals surface area (Å²) in [5.74, 6) is 1.52. The van der Waals surface area contributed by atoms with E-state index in [9.17, 15) is 0 Å². The van der Waals surface area contributed by atoms with Gasteiger partial charge in [-0.1, -0.05) is 6.07 Å². The summed E-state index contributed by atoms with van der Waals surface area (Å²) in [6.07, 6.45) is 3.11. The van der Waals surface area contributed by atoms with Gasteiger partial charge in [0, 0.05) is 0 Å². The third-order valence-electron chi connectivity index (χ3n) is 3.64. The fourth-order valence-corrected chi connectivity index (χ4v) is 2.53. The van der Waals surface area contributed by atoms with Crippen molar-refractivity contribution in [2.45, 2.75) is 44.8 Å². The molecule has 1 aromatic carbocycles. The normalized spacial score (nSPS) is 20.9. The van der Waals surface area contributed by atoms with Crippen molar-refractivity contribution in [3.05, 3.63) is 23.8 Å². The van der Waals surface area contributed by atoms with Gasteiger partial charge in [-0.05, 0) is 57.4 Å². The minimum atomic E-state index is -0.0283. The van der Waals surface area contributed by atoms with Gasteiger partial charge in [-0.15, -0.1) is 0 Å². The van der Waals surface area contributed by atoms with Crippen molar-refractivity contribution < 1.29 is 14.2 Å². The Kier molecular flexibility index (Phi) is 4.89. The Hall–Kier alpha value is -1.26. The molecule has 0 spiro atoms. The van der Waals surface area contributed by atoms with E-state index < -0.39 is 0 Å². The minimum Gasteiger partial charge on any atom is -0.493 e. The van der Waals surface area contributed by atoms with Crippen LogP contribution < -0.4 is 15.2 Å². The molecule has 1 atom stereocenters. The van der Waals surface area contributed by atoms with Crippen molar-refractivity contribution in [2.24, 2.45) is 5.73 Å².